The average Bonchev–Trinajstić information content (AvgIpc) is 2.27. The Bertz CT molecular complexity index is 380. The Morgan fingerprint density at radius 3 is 2.47 bits per heavy atom. The van der Waals surface area contributed by atoms with Gasteiger partial charge < -0.3 is 10.1 Å². The van der Waals surface area contributed by atoms with Gasteiger partial charge in [-0.05, 0) is 45.0 Å². The van der Waals surface area contributed by atoms with Gasteiger partial charge in [0, 0.05) is 23.2 Å². The van der Waals surface area contributed by atoms with Crippen LogP contribution in [0.3, 0.4) is 0 Å². The molecular weight excluding hydrogens is 257 g/mol. The molecule has 0 saturated carbocycles. The van der Waals surface area contributed by atoms with Crippen LogP contribution >= 0.6 is 23.2 Å². The zero-order valence-electron chi connectivity index (χ0n) is 10.7. The minimum atomic E-state index is -0.252. The Labute approximate surface area is 113 Å². The molecular formula is C13H19Cl2NO. The van der Waals surface area contributed by atoms with Crippen LogP contribution in [-0.4, -0.2) is 25.8 Å². The molecule has 17 heavy (non-hydrogen) atoms. The lowest BCUT2D eigenvalue weighted by molar-refractivity contribution is -0.00796. The molecule has 0 aliphatic heterocycles. The monoisotopic (exact) mass is 275 g/mol. The molecule has 0 spiro atoms. The fraction of sp³-hybridized carbons (Fsp3) is 0.538. The Morgan fingerprint density at radius 2 is 2.00 bits per heavy atom. The molecule has 0 radical (unpaired) electrons. The average molecular weight is 276 g/mol. The second-order valence-electron chi connectivity index (χ2n) is 4.59. The topological polar surface area (TPSA) is 21.3 Å². The van der Waals surface area contributed by atoms with E-state index in [-0.39, 0.29) is 11.6 Å². The fourth-order valence-electron chi connectivity index (χ4n) is 1.74. The summed E-state index contributed by atoms with van der Waals surface area (Å²) in [6.45, 7) is 4.11. The van der Waals surface area contributed by atoms with Gasteiger partial charge in [0.15, 0.2) is 0 Å². The van der Waals surface area contributed by atoms with Gasteiger partial charge in [0.1, 0.15) is 0 Å². The van der Waals surface area contributed by atoms with E-state index in [9.17, 15) is 0 Å². The molecule has 0 heterocycles. The Balaban J connectivity index is 2.88. The molecule has 1 aromatic rings. The van der Waals surface area contributed by atoms with Crippen LogP contribution in [-0.2, 0) is 11.2 Å². The molecule has 0 aromatic heterocycles. The van der Waals surface area contributed by atoms with Gasteiger partial charge in [0.25, 0.3) is 0 Å². The first-order valence-electron chi connectivity index (χ1n) is 5.57. The number of halogens is 2. The van der Waals surface area contributed by atoms with Crippen LogP contribution in [0.5, 0.6) is 0 Å². The second kappa shape index (κ2) is 6.05. The van der Waals surface area contributed by atoms with Crippen LogP contribution in [0.1, 0.15) is 19.4 Å². The molecule has 96 valence electrons. The molecule has 0 saturated heterocycles. The highest BCUT2D eigenvalue weighted by molar-refractivity contribution is 6.35. The van der Waals surface area contributed by atoms with Crippen molar-refractivity contribution in [1.29, 1.82) is 0 Å². The molecule has 1 aromatic carbocycles. The summed E-state index contributed by atoms with van der Waals surface area (Å²) in [6.07, 6.45) is 0.799. The second-order valence-corrected chi connectivity index (χ2v) is 5.43. The summed E-state index contributed by atoms with van der Waals surface area (Å²) in [5.41, 5.74) is 0.818. The van der Waals surface area contributed by atoms with Crippen molar-refractivity contribution in [2.75, 3.05) is 14.2 Å². The molecule has 1 atom stereocenters. The van der Waals surface area contributed by atoms with Crippen LogP contribution in [0.25, 0.3) is 0 Å². The number of nitrogens with one attached hydrogen (secondary N) is 1. The van der Waals surface area contributed by atoms with E-state index in [1.807, 2.05) is 19.2 Å². The smallest absolute Gasteiger partial charge is 0.0778 e. The third-order valence-electron chi connectivity index (χ3n) is 3.15. The van der Waals surface area contributed by atoms with E-state index >= 15 is 0 Å². The molecule has 1 rings (SSSR count). The zero-order chi connectivity index (χ0) is 13.1. The van der Waals surface area contributed by atoms with Crippen molar-refractivity contribution < 1.29 is 4.74 Å². The Hall–Kier alpha value is -0.280. The van der Waals surface area contributed by atoms with Crippen LogP contribution in [0, 0.1) is 0 Å². The number of benzene rings is 1. The molecule has 2 nitrogen and oxygen atoms in total. The number of hydrogen-bond acceptors (Lipinski definition) is 2. The van der Waals surface area contributed by atoms with Crippen molar-refractivity contribution in [2.45, 2.75) is 31.9 Å². The van der Waals surface area contributed by atoms with Gasteiger partial charge in [-0.3, -0.25) is 0 Å². The van der Waals surface area contributed by atoms with E-state index in [2.05, 4.69) is 19.2 Å². The van der Waals surface area contributed by atoms with Crippen molar-refractivity contribution >= 4 is 23.2 Å². The summed E-state index contributed by atoms with van der Waals surface area (Å²) in [5, 5.41) is 4.62. The van der Waals surface area contributed by atoms with Gasteiger partial charge >= 0.3 is 0 Å². The summed E-state index contributed by atoms with van der Waals surface area (Å²) < 4.78 is 5.49. The van der Waals surface area contributed by atoms with Gasteiger partial charge in [-0.15, -0.1) is 0 Å². The number of hydrogen-bond donors (Lipinski definition) is 1. The third-order valence-corrected chi connectivity index (χ3v) is 3.74. The van der Waals surface area contributed by atoms with Crippen LogP contribution in [0.2, 0.25) is 10.0 Å². The van der Waals surface area contributed by atoms with E-state index in [4.69, 9.17) is 27.9 Å². The molecule has 4 heteroatoms. The van der Waals surface area contributed by atoms with Gasteiger partial charge in [-0.2, -0.15) is 0 Å². The van der Waals surface area contributed by atoms with E-state index < -0.39 is 0 Å². The standard InChI is InChI=1S/C13H19Cl2NO/c1-13(2,17-4)12(16-3)7-9-5-6-10(14)8-11(9)15/h5-6,8,12,16H,7H2,1-4H3. The molecule has 0 bridgehead atoms. The van der Waals surface area contributed by atoms with Crippen LogP contribution in [0.4, 0.5) is 0 Å². The maximum Gasteiger partial charge on any atom is 0.0778 e. The number of likely N-dealkylation sites (N-methyl/N-ethyl adjacent to an activating group) is 1. The summed E-state index contributed by atoms with van der Waals surface area (Å²) in [4.78, 5) is 0. The first-order chi connectivity index (χ1) is 7.90. The molecule has 0 fully saturated rings. The van der Waals surface area contributed by atoms with Crippen molar-refractivity contribution in [3.63, 3.8) is 0 Å². The fourth-order valence-corrected chi connectivity index (χ4v) is 2.23. The predicted molar refractivity (Wildman–Crippen MR) is 74.1 cm³/mol. The van der Waals surface area contributed by atoms with Crippen molar-refractivity contribution in [3.8, 4) is 0 Å². The van der Waals surface area contributed by atoms with Gasteiger partial charge in [0.2, 0.25) is 0 Å². The Kier molecular flexibility index (Phi) is 5.26. The SMILES string of the molecule is CNC(Cc1ccc(Cl)cc1Cl)C(C)(C)OC. The lowest BCUT2D eigenvalue weighted by Gasteiger charge is -2.33. The first kappa shape index (κ1) is 14.8. The normalized spacial score (nSPS) is 13.8. The minimum Gasteiger partial charge on any atom is -0.377 e. The van der Waals surface area contributed by atoms with Crippen LogP contribution < -0.4 is 5.32 Å². The van der Waals surface area contributed by atoms with Crippen molar-refractivity contribution in [3.05, 3.63) is 33.8 Å². The van der Waals surface area contributed by atoms with Gasteiger partial charge in [-0.1, -0.05) is 29.3 Å². The molecule has 0 aliphatic rings. The van der Waals surface area contributed by atoms with Crippen LogP contribution in [0.15, 0.2) is 18.2 Å². The molecule has 0 amide bonds. The van der Waals surface area contributed by atoms with Gasteiger partial charge in [0.05, 0.1) is 5.60 Å². The van der Waals surface area contributed by atoms with E-state index in [0.717, 1.165) is 12.0 Å². The first-order valence-corrected chi connectivity index (χ1v) is 6.32. The van der Waals surface area contributed by atoms with E-state index in [1.165, 1.54) is 0 Å². The third kappa shape index (κ3) is 3.85. The summed E-state index contributed by atoms with van der Waals surface area (Å²) >= 11 is 12.1. The predicted octanol–water partition coefficient (Wildman–Crippen LogP) is 3.55. The molecule has 0 aliphatic carbocycles. The zero-order valence-corrected chi connectivity index (χ0v) is 12.2. The van der Waals surface area contributed by atoms with Crippen molar-refractivity contribution in [1.82, 2.24) is 5.32 Å². The highest BCUT2D eigenvalue weighted by atomic mass is 35.5. The number of methoxy groups -OCH3 is 1. The maximum atomic E-state index is 6.17. The molecule has 1 unspecified atom stereocenters. The van der Waals surface area contributed by atoms with Crippen molar-refractivity contribution in [2.24, 2.45) is 0 Å². The number of rotatable bonds is 5. The van der Waals surface area contributed by atoms with E-state index in [0.29, 0.717) is 10.0 Å². The highest BCUT2D eigenvalue weighted by Crippen LogP contribution is 2.25. The molecule has 1 N–H and O–H groups in total. The van der Waals surface area contributed by atoms with E-state index in [1.54, 1.807) is 13.2 Å². The maximum absolute atomic E-state index is 6.17. The highest BCUT2D eigenvalue weighted by Gasteiger charge is 2.28. The van der Waals surface area contributed by atoms with Gasteiger partial charge in [-0.25, -0.2) is 0 Å². The number of ether oxygens (including phenoxy) is 1. The Morgan fingerprint density at radius 1 is 1.35 bits per heavy atom. The lowest BCUT2D eigenvalue weighted by Crippen LogP contribution is -2.48. The summed E-state index contributed by atoms with van der Waals surface area (Å²) in [7, 11) is 3.64. The largest absolute Gasteiger partial charge is 0.377 e. The lowest BCUT2D eigenvalue weighted by atomic mass is 9.92. The summed E-state index contributed by atoms with van der Waals surface area (Å²) in [5.74, 6) is 0. The minimum absolute atomic E-state index is 0.186. The quantitative estimate of drug-likeness (QED) is 0.888. The summed E-state index contributed by atoms with van der Waals surface area (Å²) in [6, 6.07) is 5.77.